The minimum atomic E-state index is -0.166. The fourth-order valence-corrected chi connectivity index (χ4v) is 3.48. The lowest BCUT2D eigenvalue weighted by Gasteiger charge is -2.35. The van der Waals surface area contributed by atoms with Crippen LogP contribution < -0.4 is 14.2 Å². The third-order valence-electron chi connectivity index (χ3n) is 4.77. The average Bonchev–Trinajstić information content (AvgIpc) is 2.72. The number of rotatable bonds is 7. The van der Waals surface area contributed by atoms with E-state index in [0.717, 1.165) is 42.3 Å². The Morgan fingerprint density at radius 2 is 1.79 bits per heavy atom. The zero-order valence-corrected chi connectivity index (χ0v) is 17.3. The highest BCUT2D eigenvalue weighted by molar-refractivity contribution is 5.85. The maximum absolute atomic E-state index is 5.83. The molecule has 0 saturated heterocycles. The molecule has 1 heterocycles. The summed E-state index contributed by atoms with van der Waals surface area (Å²) in [4.78, 5) is 2.30. The van der Waals surface area contributed by atoms with Crippen LogP contribution in [0.2, 0.25) is 0 Å². The first kappa shape index (κ1) is 21.9. The largest absolute Gasteiger partial charge is 0.493 e. The molecule has 28 heavy (non-hydrogen) atoms. The van der Waals surface area contributed by atoms with Gasteiger partial charge in [0.2, 0.25) is 0 Å². The normalized spacial score (nSPS) is 14.2. The van der Waals surface area contributed by atoms with Gasteiger partial charge < -0.3 is 18.9 Å². The van der Waals surface area contributed by atoms with E-state index in [1.165, 1.54) is 11.1 Å². The van der Waals surface area contributed by atoms with Crippen LogP contribution in [0.25, 0.3) is 0 Å². The molecular weight excluding hydrogens is 378 g/mol. The Bertz CT molecular complexity index is 834. The summed E-state index contributed by atoms with van der Waals surface area (Å²) in [6, 6.07) is 12.0. The first-order chi connectivity index (χ1) is 13.2. The van der Waals surface area contributed by atoms with Crippen molar-refractivity contribution in [1.29, 1.82) is 0 Å². The van der Waals surface area contributed by atoms with Gasteiger partial charge in [0.25, 0.3) is 0 Å². The summed E-state index contributed by atoms with van der Waals surface area (Å²) >= 11 is 0. The van der Waals surface area contributed by atoms with Crippen molar-refractivity contribution in [3.05, 3.63) is 53.1 Å². The van der Waals surface area contributed by atoms with Gasteiger partial charge in [0.1, 0.15) is 18.6 Å². The second-order valence-electron chi connectivity index (χ2n) is 6.35. The lowest BCUT2D eigenvalue weighted by atomic mass is 9.98. The van der Waals surface area contributed by atoms with Gasteiger partial charge in [-0.1, -0.05) is 18.1 Å². The molecule has 3 rings (SSSR count). The summed E-state index contributed by atoms with van der Waals surface area (Å²) in [7, 11) is 5.05. The smallest absolute Gasteiger partial charge is 0.161 e. The molecule has 0 aromatic heterocycles. The van der Waals surface area contributed by atoms with Crippen molar-refractivity contribution >= 4 is 12.4 Å². The summed E-state index contributed by atoms with van der Waals surface area (Å²) in [6.07, 6.45) is 6.03. The minimum Gasteiger partial charge on any atom is -0.493 e. The van der Waals surface area contributed by atoms with Gasteiger partial charge >= 0.3 is 0 Å². The molecule has 0 aliphatic carbocycles. The van der Waals surface area contributed by atoms with Crippen LogP contribution in [-0.2, 0) is 17.7 Å². The quantitative estimate of drug-likeness (QED) is 0.657. The Morgan fingerprint density at radius 1 is 1.07 bits per heavy atom. The van der Waals surface area contributed by atoms with E-state index < -0.39 is 0 Å². The molecule has 150 valence electrons. The van der Waals surface area contributed by atoms with E-state index in [1.807, 2.05) is 24.3 Å². The lowest BCUT2D eigenvalue weighted by molar-refractivity contribution is -0.0429. The second kappa shape index (κ2) is 10.2. The highest BCUT2D eigenvalue weighted by Crippen LogP contribution is 2.36. The van der Waals surface area contributed by atoms with Crippen LogP contribution in [0.5, 0.6) is 17.2 Å². The van der Waals surface area contributed by atoms with Crippen LogP contribution in [0.15, 0.2) is 36.4 Å². The summed E-state index contributed by atoms with van der Waals surface area (Å²) in [5.41, 5.74) is 3.54. The van der Waals surface area contributed by atoms with Gasteiger partial charge in [0, 0.05) is 20.2 Å². The van der Waals surface area contributed by atoms with Crippen LogP contribution >= 0.6 is 12.4 Å². The molecule has 0 N–H and O–H groups in total. The molecule has 0 amide bonds. The van der Waals surface area contributed by atoms with Crippen LogP contribution in [0.3, 0.4) is 0 Å². The number of terminal acetylenes is 1. The third-order valence-corrected chi connectivity index (χ3v) is 4.77. The number of hydrogen-bond acceptors (Lipinski definition) is 5. The molecule has 2 aromatic rings. The van der Waals surface area contributed by atoms with Gasteiger partial charge in [-0.05, 0) is 47.4 Å². The Morgan fingerprint density at radius 3 is 2.43 bits per heavy atom. The number of halogens is 1. The third kappa shape index (κ3) is 4.71. The van der Waals surface area contributed by atoms with E-state index in [1.54, 1.807) is 21.3 Å². The predicted octanol–water partition coefficient (Wildman–Crippen LogP) is 3.84. The molecule has 1 atom stereocenters. The van der Waals surface area contributed by atoms with Crippen LogP contribution in [0.1, 0.15) is 22.9 Å². The Balaban J connectivity index is 0.00000280. The fourth-order valence-electron chi connectivity index (χ4n) is 3.48. The summed E-state index contributed by atoms with van der Waals surface area (Å²) in [5, 5.41) is 0. The Hall–Kier alpha value is -2.39. The van der Waals surface area contributed by atoms with Crippen molar-refractivity contribution < 1.29 is 18.9 Å². The van der Waals surface area contributed by atoms with Crippen molar-refractivity contribution in [3.63, 3.8) is 0 Å². The maximum atomic E-state index is 5.83. The molecule has 0 saturated carbocycles. The van der Waals surface area contributed by atoms with E-state index >= 15 is 0 Å². The van der Waals surface area contributed by atoms with Gasteiger partial charge in [-0.3, -0.25) is 4.90 Å². The first-order valence-corrected chi connectivity index (χ1v) is 8.87. The molecule has 0 radical (unpaired) electrons. The summed E-state index contributed by atoms with van der Waals surface area (Å²) in [6.45, 7) is 1.90. The van der Waals surface area contributed by atoms with Gasteiger partial charge in [-0.25, -0.2) is 0 Å². The SMILES string of the molecule is C#CCOc1cccc(C(OC)N2CCc3cc(OC)c(OC)cc3C2)c1.Cl. The first-order valence-electron chi connectivity index (χ1n) is 8.87. The average molecular weight is 404 g/mol. The molecular formula is C22H26ClNO4. The Kier molecular flexibility index (Phi) is 8.01. The van der Waals surface area contributed by atoms with Crippen LogP contribution in [0.4, 0.5) is 0 Å². The number of nitrogens with zero attached hydrogens (tertiary/aromatic N) is 1. The monoisotopic (exact) mass is 403 g/mol. The molecule has 1 unspecified atom stereocenters. The van der Waals surface area contributed by atoms with E-state index in [2.05, 4.69) is 23.0 Å². The van der Waals surface area contributed by atoms with E-state index in [9.17, 15) is 0 Å². The van der Waals surface area contributed by atoms with E-state index in [-0.39, 0.29) is 25.2 Å². The molecule has 1 aliphatic heterocycles. The van der Waals surface area contributed by atoms with Crippen LogP contribution in [-0.4, -0.2) is 39.4 Å². The topological polar surface area (TPSA) is 40.2 Å². The van der Waals surface area contributed by atoms with Crippen molar-refractivity contribution in [2.45, 2.75) is 19.2 Å². The molecule has 0 fully saturated rings. The van der Waals surface area contributed by atoms with Crippen LogP contribution in [0, 0.1) is 12.3 Å². The lowest BCUT2D eigenvalue weighted by Crippen LogP contribution is -2.35. The number of benzene rings is 2. The fraction of sp³-hybridized carbons (Fsp3) is 0.364. The number of ether oxygens (including phenoxy) is 4. The standard InChI is InChI=1S/C22H25NO4.ClH/c1-5-11-27-19-8-6-7-17(12-19)22(26-4)23-10-9-16-13-20(24-2)21(25-3)14-18(16)15-23;/h1,6-8,12-14,22H,9-11,15H2,2-4H3;1H. The number of hydrogen-bond donors (Lipinski definition) is 0. The van der Waals surface area contributed by atoms with E-state index in [0.29, 0.717) is 0 Å². The van der Waals surface area contributed by atoms with Gasteiger partial charge in [0.15, 0.2) is 11.5 Å². The number of methoxy groups -OCH3 is 3. The molecule has 2 aromatic carbocycles. The summed E-state index contributed by atoms with van der Waals surface area (Å²) < 4.78 is 22.3. The zero-order chi connectivity index (χ0) is 19.2. The molecule has 0 spiro atoms. The maximum Gasteiger partial charge on any atom is 0.161 e. The van der Waals surface area contributed by atoms with Gasteiger partial charge in [0.05, 0.1) is 14.2 Å². The van der Waals surface area contributed by atoms with Crippen molar-refractivity contribution in [2.24, 2.45) is 0 Å². The zero-order valence-electron chi connectivity index (χ0n) is 16.4. The summed E-state index contributed by atoms with van der Waals surface area (Å²) in [5.74, 6) is 4.75. The van der Waals surface area contributed by atoms with Crippen molar-refractivity contribution in [3.8, 4) is 29.6 Å². The number of fused-ring (bicyclic) bond motifs is 1. The minimum absolute atomic E-state index is 0. The Labute approximate surface area is 172 Å². The highest BCUT2D eigenvalue weighted by atomic mass is 35.5. The predicted molar refractivity (Wildman–Crippen MR) is 111 cm³/mol. The van der Waals surface area contributed by atoms with Crippen molar-refractivity contribution in [2.75, 3.05) is 34.5 Å². The van der Waals surface area contributed by atoms with Crippen molar-refractivity contribution in [1.82, 2.24) is 4.90 Å². The molecule has 6 heteroatoms. The highest BCUT2D eigenvalue weighted by Gasteiger charge is 2.26. The molecule has 0 bridgehead atoms. The van der Waals surface area contributed by atoms with Gasteiger partial charge in [-0.2, -0.15) is 0 Å². The second-order valence-corrected chi connectivity index (χ2v) is 6.35. The molecule has 5 nitrogen and oxygen atoms in total. The van der Waals surface area contributed by atoms with Gasteiger partial charge in [-0.15, -0.1) is 18.8 Å². The molecule has 1 aliphatic rings. The van der Waals surface area contributed by atoms with E-state index in [4.69, 9.17) is 25.4 Å².